The van der Waals surface area contributed by atoms with Crippen LogP contribution in [-0.4, -0.2) is 38.0 Å². The van der Waals surface area contributed by atoms with E-state index in [1.165, 1.54) is 16.8 Å². The predicted octanol–water partition coefficient (Wildman–Crippen LogP) is 2.53. The second-order valence-corrected chi connectivity index (χ2v) is 6.77. The zero-order valence-electron chi connectivity index (χ0n) is 15.0. The minimum atomic E-state index is 0.263. The molecule has 1 aromatic carbocycles. The van der Waals surface area contributed by atoms with Crippen molar-refractivity contribution in [2.75, 3.05) is 13.2 Å². The average Bonchev–Trinajstić information content (AvgIpc) is 3.04. The molecule has 0 fully saturated rings. The van der Waals surface area contributed by atoms with Crippen LogP contribution < -0.4 is 0 Å². The summed E-state index contributed by atoms with van der Waals surface area (Å²) in [7, 11) is 1.97. The number of rotatable bonds is 6. The molecule has 0 radical (unpaired) electrons. The van der Waals surface area contributed by atoms with Crippen LogP contribution in [0.1, 0.15) is 28.4 Å². The Bertz CT molecular complexity index is 834. The number of fused-ring (bicyclic) bond motifs is 1. The van der Waals surface area contributed by atoms with Gasteiger partial charge < -0.3 is 4.74 Å². The van der Waals surface area contributed by atoms with Crippen LogP contribution in [0.4, 0.5) is 0 Å². The van der Waals surface area contributed by atoms with E-state index in [4.69, 9.17) is 4.74 Å². The quantitative estimate of drug-likeness (QED) is 0.684. The largest absolute Gasteiger partial charge is 0.376 e. The van der Waals surface area contributed by atoms with Crippen LogP contribution in [0, 0.1) is 0 Å². The van der Waals surface area contributed by atoms with Crippen molar-refractivity contribution in [1.82, 2.24) is 24.9 Å². The topological polar surface area (TPSA) is 56.1 Å². The molecule has 0 spiro atoms. The molecule has 1 unspecified atom stereocenters. The molecule has 0 saturated carbocycles. The summed E-state index contributed by atoms with van der Waals surface area (Å²) >= 11 is 0. The molecule has 6 heteroatoms. The first-order valence-corrected chi connectivity index (χ1v) is 8.91. The van der Waals surface area contributed by atoms with E-state index in [-0.39, 0.29) is 5.92 Å². The van der Waals surface area contributed by atoms with Crippen molar-refractivity contribution in [2.24, 2.45) is 7.05 Å². The van der Waals surface area contributed by atoms with Gasteiger partial charge in [-0.1, -0.05) is 41.6 Å². The monoisotopic (exact) mass is 349 g/mol. The summed E-state index contributed by atoms with van der Waals surface area (Å²) in [4.78, 5) is 6.61. The highest BCUT2D eigenvalue weighted by Gasteiger charge is 2.30. The molecular formula is C20H23N5O. The van der Waals surface area contributed by atoms with Gasteiger partial charge in [-0.15, -0.1) is 5.10 Å². The van der Waals surface area contributed by atoms with Gasteiger partial charge >= 0.3 is 0 Å². The summed E-state index contributed by atoms with van der Waals surface area (Å²) in [6.07, 6.45) is 3.73. The Balaban J connectivity index is 1.44. The average molecular weight is 349 g/mol. The molecule has 1 aliphatic heterocycles. The minimum absolute atomic E-state index is 0.263. The van der Waals surface area contributed by atoms with E-state index in [0.29, 0.717) is 13.2 Å². The molecule has 3 heterocycles. The van der Waals surface area contributed by atoms with E-state index in [1.807, 2.05) is 42.2 Å². The maximum atomic E-state index is 6.03. The molecule has 0 saturated heterocycles. The zero-order valence-corrected chi connectivity index (χ0v) is 15.0. The number of hydrogen-bond donors (Lipinski definition) is 0. The lowest BCUT2D eigenvalue weighted by atomic mass is 9.98. The molecule has 1 atom stereocenters. The molecular weight excluding hydrogens is 326 g/mol. The van der Waals surface area contributed by atoms with E-state index in [1.54, 1.807) is 6.20 Å². The summed E-state index contributed by atoms with van der Waals surface area (Å²) in [6, 6.07) is 14.4. The SMILES string of the molecule is Cn1nnc2c1C(COCc1ccccc1)CN(Cc1cccnc1)C2. The van der Waals surface area contributed by atoms with E-state index in [0.717, 1.165) is 25.3 Å². The van der Waals surface area contributed by atoms with Crippen LogP contribution >= 0.6 is 0 Å². The smallest absolute Gasteiger partial charge is 0.100 e. The molecule has 0 aliphatic carbocycles. The van der Waals surface area contributed by atoms with Crippen LogP contribution in [0.3, 0.4) is 0 Å². The maximum absolute atomic E-state index is 6.03. The van der Waals surface area contributed by atoms with Crippen LogP contribution in [-0.2, 0) is 31.5 Å². The first-order valence-electron chi connectivity index (χ1n) is 8.91. The number of hydrogen-bond acceptors (Lipinski definition) is 5. The van der Waals surface area contributed by atoms with Gasteiger partial charge in [0, 0.05) is 45.0 Å². The van der Waals surface area contributed by atoms with Gasteiger partial charge in [-0.2, -0.15) is 0 Å². The highest BCUT2D eigenvalue weighted by Crippen LogP contribution is 2.28. The third-order valence-electron chi connectivity index (χ3n) is 4.74. The van der Waals surface area contributed by atoms with Gasteiger partial charge in [-0.05, 0) is 17.2 Å². The Hall–Kier alpha value is -2.57. The van der Waals surface area contributed by atoms with Crippen molar-refractivity contribution in [2.45, 2.75) is 25.6 Å². The first-order chi connectivity index (χ1) is 12.8. The maximum Gasteiger partial charge on any atom is 0.100 e. The van der Waals surface area contributed by atoms with Crippen LogP contribution in [0.15, 0.2) is 54.9 Å². The Morgan fingerprint density at radius 1 is 1.12 bits per heavy atom. The summed E-state index contributed by atoms with van der Waals surface area (Å²) in [5.74, 6) is 0.263. The number of aryl methyl sites for hydroxylation is 1. The van der Waals surface area contributed by atoms with Crippen LogP contribution in [0.2, 0.25) is 0 Å². The lowest BCUT2D eigenvalue weighted by Crippen LogP contribution is -2.36. The number of pyridine rings is 1. The third-order valence-corrected chi connectivity index (χ3v) is 4.74. The van der Waals surface area contributed by atoms with E-state index in [2.05, 4.69) is 38.4 Å². The summed E-state index contributed by atoms with van der Waals surface area (Å²) in [6.45, 7) is 3.89. The highest BCUT2D eigenvalue weighted by atomic mass is 16.5. The summed E-state index contributed by atoms with van der Waals surface area (Å²) < 4.78 is 7.93. The minimum Gasteiger partial charge on any atom is -0.376 e. The van der Waals surface area contributed by atoms with Crippen molar-refractivity contribution < 1.29 is 4.74 Å². The van der Waals surface area contributed by atoms with Crippen molar-refractivity contribution in [3.63, 3.8) is 0 Å². The molecule has 0 bridgehead atoms. The van der Waals surface area contributed by atoms with Gasteiger partial charge in [0.2, 0.25) is 0 Å². The molecule has 134 valence electrons. The second-order valence-electron chi connectivity index (χ2n) is 6.77. The fraction of sp³-hybridized carbons (Fsp3) is 0.350. The molecule has 3 aromatic rings. The standard InChI is InChI=1S/C20H23N5O/c1-24-20-18(15-26-14-16-6-3-2-4-7-16)12-25(13-19(20)22-23-24)11-17-8-5-9-21-10-17/h2-10,18H,11-15H2,1H3. The Morgan fingerprint density at radius 2 is 1.96 bits per heavy atom. The highest BCUT2D eigenvalue weighted by molar-refractivity contribution is 5.21. The predicted molar refractivity (Wildman–Crippen MR) is 98.2 cm³/mol. The molecule has 0 amide bonds. The van der Waals surface area contributed by atoms with Crippen LogP contribution in [0.5, 0.6) is 0 Å². The fourth-order valence-corrected chi connectivity index (χ4v) is 3.59. The number of ether oxygens (including phenoxy) is 1. The second kappa shape index (κ2) is 7.76. The lowest BCUT2D eigenvalue weighted by molar-refractivity contribution is 0.0829. The third kappa shape index (κ3) is 3.81. The van der Waals surface area contributed by atoms with Gasteiger partial charge in [-0.25, -0.2) is 0 Å². The molecule has 6 nitrogen and oxygen atoms in total. The van der Waals surface area contributed by atoms with Gasteiger partial charge in [0.15, 0.2) is 0 Å². The van der Waals surface area contributed by atoms with E-state index in [9.17, 15) is 0 Å². The van der Waals surface area contributed by atoms with E-state index >= 15 is 0 Å². The Morgan fingerprint density at radius 3 is 2.77 bits per heavy atom. The fourth-order valence-electron chi connectivity index (χ4n) is 3.59. The zero-order chi connectivity index (χ0) is 17.8. The van der Waals surface area contributed by atoms with Crippen molar-refractivity contribution >= 4 is 0 Å². The van der Waals surface area contributed by atoms with Crippen molar-refractivity contribution in [3.8, 4) is 0 Å². The molecule has 1 aliphatic rings. The number of aromatic nitrogens is 4. The van der Waals surface area contributed by atoms with Crippen molar-refractivity contribution in [1.29, 1.82) is 0 Å². The normalized spacial score (nSPS) is 17.2. The summed E-state index contributed by atoms with van der Waals surface area (Å²) in [5, 5.41) is 8.59. The van der Waals surface area contributed by atoms with Gasteiger partial charge in [-0.3, -0.25) is 14.6 Å². The first kappa shape index (κ1) is 16.9. The summed E-state index contributed by atoms with van der Waals surface area (Å²) in [5.41, 5.74) is 4.65. The Kier molecular flexibility index (Phi) is 5.04. The lowest BCUT2D eigenvalue weighted by Gasteiger charge is -2.32. The van der Waals surface area contributed by atoms with Gasteiger partial charge in [0.25, 0.3) is 0 Å². The molecule has 26 heavy (non-hydrogen) atoms. The molecule has 4 rings (SSSR count). The molecule has 0 N–H and O–H groups in total. The Labute approximate surface area is 153 Å². The molecule has 2 aromatic heterocycles. The number of nitrogens with zero attached hydrogens (tertiary/aromatic N) is 5. The number of benzene rings is 1. The van der Waals surface area contributed by atoms with Crippen LogP contribution in [0.25, 0.3) is 0 Å². The van der Waals surface area contributed by atoms with E-state index < -0.39 is 0 Å². The van der Waals surface area contributed by atoms with Crippen molar-refractivity contribution in [3.05, 3.63) is 77.4 Å². The van der Waals surface area contributed by atoms with Gasteiger partial charge in [0.05, 0.1) is 18.9 Å². The van der Waals surface area contributed by atoms with Gasteiger partial charge in [0.1, 0.15) is 5.69 Å².